The second kappa shape index (κ2) is 11.1. The largest absolute Gasteiger partial charge is 0.462 e. The molecule has 0 unspecified atom stereocenters. The lowest BCUT2D eigenvalue weighted by Crippen LogP contribution is -2.30. The van der Waals surface area contributed by atoms with Gasteiger partial charge in [0.1, 0.15) is 5.70 Å². The SMILES string of the molecule is CCOC(=O)c1cccc(NC(=O)C(=Cc2cccc([N+](=O)[O-])c2)NC(=O)c2ccc(Br)o2)c1. The number of hydrogen-bond donors (Lipinski definition) is 2. The summed E-state index contributed by atoms with van der Waals surface area (Å²) in [6.45, 7) is 1.87. The quantitative estimate of drug-likeness (QED) is 0.189. The number of ether oxygens (including phenoxy) is 1. The highest BCUT2D eigenvalue weighted by Crippen LogP contribution is 2.18. The first-order valence-electron chi connectivity index (χ1n) is 9.88. The first-order chi connectivity index (χ1) is 16.3. The van der Waals surface area contributed by atoms with Gasteiger partial charge in [-0.1, -0.05) is 18.2 Å². The van der Waals surface area contributed by atoms with Crippen LogP contribution in [0.3, 0.4) is 0 Å². The minimum absolute atomic E-state index is 0.0612. The van der Waals surface area contributed by atoms with Crippen LogP contribution in [0.15, 0.2) is 75.4 Å². The van der Waals surface area contributed by atoms with Crippen molar-refractivity contribution in [2.24, 2.45) is 0 Å². The van der Waals surface area contributed by atoms with E-state index >= 15 is 0 Å². The van der Waals surface area contributed by atoms with E-state index in [0.717, 1.165) is 0 Å². The maximum Gasteiger partial charge on any atom is 0.338 e. The minimum atomic E-state index is -0.730. The molecule has 2 amide bonds. The van der Waals surface area contributed by atoms with Gasteiger partial charge in [-0.25, -0.2) is 4.79 Å². The van der Waals surface area contributed by atoms with Crippen LogP contribution in [-0.2, 0) is 9.53 Å². The van der Waals surface area contributed by atoms with Crippen molar-refractivity contribution in [3.8, 4) is 0 Å². The van der Waals surface area contributed by atoms with E-state index < -0.39 is 22.7 Å². The van der Waals surface area contributed by atoms with Crippen molar-refractivity contribution in [2.75, 3.05) is 11.9 Å². The van der Waals surface area contributed by atoms with Gasteiger partial charge in [-0.3, -0.25) is 19.7 Å². The maximum absolute atomic E-state index is 13.0. The number of esters is 1. The van der Waals surface area contributed by atoms with Gasteiger partial charge in [0.05, 0.1) is 17.1 Å². The Morgan fingerprint density at radius 1 is 1.12 bits per heavy atom. The number of nitro groups is 1. The normalized spacial score (nSPS) is 10.9. The molecule has 10 nitrogen and oxygen atoms in total. The summed E-state index contributed by atoms with van der Waals surface area (Å²) in [4.78, 5) is 48.1. The topological polar surface area (TPSA) is 141 Å². The average molecular weight is 528 g/mol. The Hall–Kier alpha value is -4.25. The summed E-state index contributed by atoms with van der Waals surface area (Å²) >= 11 is 3.10. The zero-order chi connectivity index (χ0) is 24.7. The average Bonchev–Trinajstić information content (AvgIpc) is 3.25. The Balaban J connectivity index is 1.91. The Kier molecular flexibility index (Phi) is 7.93. The smallest absolute Gasteiger partial charge is 0.338 e. The number of carbonyl (C=O) groups excluding carboxylic acids is 3. The maximum atomic E-state index is 13.0. The number of nitrogens with zero attached hydrogens (tertiary/aromatic N) is 1. The molecule has 0 bridgehead atoms. The van der Waals surface area contributed by atoms with Crippen LogP contribution >= 0.6 is 15.9 Å². The third kappa shape index (κ3) is 6.39. The molecule has 11 heteroatoms. The van der Waals surface area contributed by atoms with Gasteiger partial charge >= 0.3 is 5.97 Å². The summed E-state index contributed by atoms with van der Waals surface area (Å²) < 4.78 is 10.5. The van der Waals surface area contributed by atoms with Crippen LogP contribution in [0.4, 0.5) is 11.4 Å². The fraction of sp³-hybridized carbons (Fsp3) is 0.0870. The predicted octanol–water partition coefficient (Wildman–Crippen LogP) is 4.54. The molecule has 0 fully saturated rings. The predicted molar refractivity (Wildman–Crippen MR) is 126 cm³/mol. The van der Waals surface area contributed by atoms with E-state index in [0.29, 0.717) is 10.2 Å². The van der Waals surface area contributed by atoms with Crippen molar-refractivity contribution in [3.05, 3.63) is 98.0 Å². The molecule has 1 aromatic heterocycles. The second-order valence-electron chi connectivity index (χ2n) is 6.72. The van der Waals surface area contributed by atoms with Crippen molar-refractivity contribution < 1.29 is 28.5 Å². The van der Waals surface area contributed by atoms with Crippen molar-refractivity contribution in [1.29, 1.82) is 0 Å². The molecule has 0 aliphatic rings. The number of amides is 2. The van der Waals surface area contributed by atoms with Crippen LogP contribution in [0.25, 0.3) is 6.08 Å². The highest BCUT2D eigenvalue weighted by Gasteiger charge is 2.18. The molecule has 0 saturated carbocycles. The molecule has 3 aromatic rings. The number of halogens is 1. The summed E-state index contributed by atoms with van der Waals surface area (Å²) in [6, 6.07) is 14.5. The van der Waals surface area contributed by atoms with E-state index in [4.69, 9.17) is 9.15 Å². The van der Waals surface area contributed by atoms with Crippen molar-refractivity contribution in [3.63, 3.8) is 0 Å². The number of nitrogens with one attached hydrogen (secondary N) is 2. The molecule has 34 heavy (non-hydrogen) atoms. The third-order valence-corrected chi connectivity index (χ3v) is 4.74. The first-order valence-corrected chi connectivity index (χ1v) is 10.7. The number of non-ortho nitro benzene ring substituents is 1. The molecule has 174 valence electrons. The van der Waals surface area contributed by atoms with Crippen molar-refractivity contribution in [1.82, 2.24) is 5.32 Å². The summed E-state index contributed by atoms with van der Waals surface area (Å²) in [6.07, 6.45) is 1.29. The van der Waals surface area contributed by atoms with Gasteiger partial charge in [0.25, 0.3) is 17.5 Å². The number of benzene rings is 2. The van der Waals surface area contributed by atoms with Crippen molar-refractivity contribution >= 4 is 51.2 Å². The number of furan rings is 1. The number of rotatable bonds is 8. The Bertz CT molecular complexity index is 1280. The number of hydrogen-bond acceptors (Lipinski definition) is 7. The van der Waals surface area contributed by atoms with Crippen molar-refractivity contribution in [2.45, 2.75) is 6.92 Å². The highest BCUT2D eigenvalue weighted by molar-refractivity contribution is 9.10. The molecule has 0 atom stereocenters. The minimum Gasteiger partial charge on any atom is -0.462 e. The third-order valence-electron chi connectivity index (χ3n) is 4.31. The van der Waals surface area contributed by atoms with Crippen LogP contribution in [0.2, 0.25) is 0 Å². The zero-order valence-corrected chi connectivity index (χ0v) is 19.3. The van der Waals surface area contributed by atoms with Gasteiger partial charge in [-0.15, -0.1) is 0 Å². The van der Waals surface area contributed by atoms with Gasteiger partial charge in [-0.05, 0) is 64.8 Å². The first kappa shape index (κ1) is 24.4. The highest BCUT2D eigenvalue weighted by atomic mass is 79.9. The molecule has 0 radical (unpaired) electrons. The molecule has 0 aliphatic heterocycles. The van der Waals surface area contributed by atoms with E-state index in [1.54, 1.807) is 19.1 Å². The van der Waals surface area contributed by atoms with Crippen LogP contribution in [0.5, 0.6) is 0 Å². The summed E-state index contributed by atoms with van der Waals surface area (Å²) in [5.74, 6) is -2.05. The lowest BCUT2D eigenvalue weighted by molar-refractivity contribution is -0.384. The molecule has 0 spiro atoms. The molecule has 2 N–H and O–H groups in total. The molecular formula is C23H18BrN3O7. The van der Waals surface area contributed by atoms with E-state index in [1.165, 1.54) is 54.6 Å². The Morgan fingerprint density at radius 2 is 1.88 bits per heavy atom. The van der Waals surface area contributed by atoms with E-state index in [1.807, 2.05) is 0 Å². The molecule has 0 aliphatic carbocycles. The van der Waals surface area contributed by atoms with Gasteiger partial charge in [-0.2, -0.15) is 0 Å². The van der Waals surface area contributed by atoms with E-state index in [-0.39, 0.29) is 35.0 Å². The molecule has 2 aromatic carbocycles. The van der Waals surface area contributed by atoms with Gasteiger partial charge in [0, 0.05) is 17.8 Å². The second-order valence-corrected chi connectivity index (χ2v) is 7.50. The Morgan fingerprint density at radius 3 is 2.56 bits per heavy atom. The molecular weight excluding hydrogens is 510 g/mol. The fourth-order valence-electron chi connectivity index (χ4n) is 2.81. The van der Waals surface area contributed by atoms with Gasteiger partial charge in [0.2, 0.25) is 0 Å². The number of anilines is 1. The molecule has 3 rings (SSSR count). The summed E-state index contributed by atoms with van der Waals surface area (Å²) in [5, 5.41) is 16.1. The van der Waals surface area contributed by atoms with E-state index in [2.05, 4.69) is 26.6 Å². The van der Waals surface area contributed by atoms with E-state index in [9.17, 15) is 24.5 Å². The van der Waals surface area contributed by atoms with Crippen LogP contribution in [0.1, 0.15) is 33.4 Å². The standard InChI is InChI=1S/C23H18BrN3O7/c1-2-33-23(30)15-6-4-7-16(13-15)25-21(28)18(26-22(29)19-9-10-20(24)34-19)12-14-5-3-8-17(11-14)27(31)32/h3-13H,2H2,1H3,(H,25,28)(H,26,29). The van der Waals surface area contributed by atoms with Crippen LogP contribution in [0, 0.1) is 10.1 Å². The monoisotopic (exact) mass is 527 g/mol. The molecule has 0 saturated heterocycles. The van der Waals surface area contributed by atoms with Crippen LogP contribution < -0.4 is 10.6 Å². The van der Waals surface area contributed by atoms with Gasteiger partial charge < -0.3 is 19.8 Å². The lowest BCUT2D eigenvalue weighted by atomic mass is 10.1. The molecule has 1 heterocycles. The fourth-order valence-corrected chi connectivity index (χ4v) is 3.12. The zero-order valence-electron chi connectivity index (χ0n) is 17.7. The number of nitro benzene ring substituents is 1. The summed E-state index contributed by atoms with van der Waals surface area (Å²) in [5.41, 5.74) is 0.417. The lowest BCUT2D eigenvalue weighted by Gasteiger charge is -2.11. The number of carbonyl (C=O) groups is 3. The Labute approximate surface area is 201 Å². The summed E-state index contributed by atoms with van der Waals surface area (Å²) in [7, 11) is 0. The van der Waals surface area contributed by atoms with Gasteiger partial charge in [0.15, 0.2) is 10.4 Å². The van der Waals surface area contributed by atoms with Crippen LogP contribution in [-0.4, -0.2) is 29.3 Å².